The van der Waals surface area contributed by atoms with E-state index in [1.807, 2.05) is 49.4 Å². The molecule has 1 fully saturated rings. The second-order valence-corrected chi connectivity index (χ2v) is 6.49. The Morgan fingerprint density at radius 3 is 2.62 bits per heavy atom. The van der Waals surface area contributed by atoms with Gasteiger partial charge in [-0.05, 0) is 37.3 Å². The molecule has 0 unspecified atom stereocenters. The summed E-state index contributed by atoms with van der Waals surface area (Å²) >= 11 is 0. The van der Waals surface area contributed by atoms with Gasteiger partial charge in [-0.2, -0.15) is 0 Å². The van der Waals surface area contributed by atoms with Gasteiger partial charge < -0.3 is 15.5 Å². The molecule has 0 spiro atoms. The number of amides is 1. The van der Waals surface area contributed by atoms with Crippen molar-refractivity contribution in [2.45, 2.75) is 6.92 Å². The molecule has 1 aliphatic heterocycles. The molecule has 2 aromatic carbocycles. The summed E-state index contributed by atoms with van der Waals surface area (Å²) in [5, 5.41) is 7.30. The van der Waals surface area contributed by atoms with Crippen LogP contribution < -0.4 is 15.5 Å². The highest BCUT2D eigenvalue weighted by atomic mass is 16.1. The molecule has 0 aliphatic carbocycles. The van der Waals surface area contributed by atoms with Crippen molar-refractivity contribution in [2.75, 3.05) is 36.4 Å². The van der Waals surface area contributed by atoms with Crippen LogP contribution in [0.5, 0.6) is 0 Å². The summed E-state index contributed by atoms with van der Waals surface area (Å²) in [6.45, 7) is 5.77. The monoisotopic (exact) mass is 347 g/mol. The van der Waals surface area contributed by atoms with Crippen LogP contribution >= 0.6 is 0 Å². The average molecular weight is 347 g/mol. The topological polar surface area (TPSA) is 70.2 Å². The Labute approximate surface area is 152 Å². The fourth-order valence-electron chi connectivity index (χ4n) is 3.16. The molecule has 0 saturated carbocycles. The molecule has 3 aromatic rings. The number of aromatic nitrogens is 2. The Kier molecular flexibility index (Phi) is 4.50. The molecule has 0 atom stereocenters. The van der Waals surface area contributed by atoms with E-state index in [0.717, 1.165) is 54.2 Å². The Balaban J connectivity index is 1.59. The Morgan fingerprint density at radius 1 is 1.08 bits per heavy atom. The quantitative estimate of drug-likeness (QED) is 0.762. The van der Waals surface area contributed by atoms with Gasteiger partial charge in [0.25, 0.3) is 5.91 Å². The van der Waals surface area contributed by atoms with Crippen LogP contribution in [-0.4, -0.2) is 42.1 Å². The number of piperazine rings is 1. The van der Waals surface area contributed by atoms with Gasteiger partial charge >= 0.3 is 0 Å². The third-order valence-corrected chi connectivity index (χ3v) is 4.60. The zero-order valence-electron chi connectivity index (χ0n) is 14.7. The lowest BCUT2D eigenvalue weighted by molar-refractivity contribution is 0.102. The minimum Gasteiger partial charge on any atom is -0.353 e. The van der Waals surface area contributed by atoms with Gasteiger partial charge in [0.2, 0.25) is 0 Å². The van der Waals surface area contributed by atoms with Crippen LogP contribution in [0.15, 0.2) is 48.8 Å². The number of fused-ring (bicyclic) bond motifs is 1. The second-order valence-electron chi connectivity index (χ2n) is 6.49. The fraction of sp³-hybridized carbons (Fsp3) is 0.250. The number of benzene rings is 2. The van der Waals surface area contributed by atoms with E-state index in [2.05, 4.69) is 25.5 Å². The third kappa shape index (κ3) is 3.36. The Hall–Kier alpha value is -2.99. The number of carbonyl (C=O) groups is 1. The summed E-state index contributed by atoms with van der Waals surface area (Å²) in [6, 6.07) is 13.3. The van der Waals surface area contributed by atoms with Gasteiger partial charge in [0.15, 0.2) is 0 Å². The highest BCUT2D eigenvalue weighted by molar-refractivity contribution is 6.05. The largest absolute Gasteiger partial charge is 0.353 e. The van der Waals surface area contributed by atoms with Crippen LogP contribution in [0.4, 0.5) is 11.5 Å². The predicted octanol–water partition coefficient (Wildman–Crippen LogP) is 2.60. The molecule has 0 bridgehead atoms. The van der Waals surface area contributed by atoms with Crippen LogP contribution in [0.3, 0.4) is 0 Å². The molecular weight excluding hydrogens is 326 g/mol. The van der Waals surface area contributed by atoms with Crippen molar-refractivity contribution in [3.05, 3.63) is 59.9 Å². The molecule has 6 nitrogen and oxygen atoms in total. The van der Waals surface area contributed by atoms with Crippen LogP contribution in [-0.2, 0) is 0 Å². The van der Waals surface area contributed by atoms with E-state index in [9.17, 15) is 4.79 Å². The van der Waals surface area contributed by atoms with Crippen molar-refractivity contribution in [3.8, 4) is 0 Å². The van der Waals surface area contributed by atoms with Crippen LogP contribution in [0, 0.1) is 6.92 Å². The summed E-state index contributed by atoms with van der Waals surface area (Å²) in [6.07, 6.45) is 1.59. The molecular formula is C20H21N5O. The average Bonchev–Trinajstić information content (AvgIpc) is 2.68. The zero-order chi connectivity index (χ0) is 17.9. The van der Waals surface area contributed by atoms with Crippen LogP contribution in [0.25, 0.3) is 10.9 Å². The van der Waals surface area contributed by atoms with Gasteiger partial charge in [0, 0.05) is 42.8 Å². The normalized spacial score (nSPS) is 14.4. The molecule has 1 aliphatic rings. The SMILES string of the molecule is Cc1ccc(C(=O)Nc2ccc3c(N4CCNCC4)ncnc3c2)cc1. The summed E-state index contributed by atoms with van der Waals surface area (Å²) in [7, 11) is 0. The van der Waals surface area contributed by atoms with E-state index in [4.69, 9.17) is 0 Å². The standard InChI is InChI=1S/C20H21N5O/c1-14-2-4-15(5-3-14)20(26)24-16-6-7-17-18(12-16)22-13-23-19(17)25-10-8-21-9-11-25/h2-7,12-13,21H,8-11H2,1H3,(H,24,26). The fourth-order valence-corrected chi connectivity index (χ4v) is 3.16. The number of nitrogens with one attached hydrogen (secondary N) is 2. The van der Waals surface area contributed by atoms with E-state index < -0.39 is 0 Å². The van der Waals surface area contributed by atoms with E-state index in [0.29, 0.717) is 5.56 Å². The Bertz CT molecular complexity index is 933. The summed E-state index contributed by atoms with van der Waals surface area (Å²) < 4.78 is 0. The van der Waals surface area contributed by atoms with Crippen LogP contribution in [0.2, 0.25) is 0 Å². The molecule has 132 valence electrons. The van der Waals surface area contributed by atoms with Crippen molar-refractivity contribution in [1.82, 2.24) is 15.3 Å². The molecule has 2 heterocycles. The first-order valence-corrected chi connectivity index (χ1v) is 8.79. The minimum absolute atomic E-state index is 0.124. The van der Waals surface area contributed by atoms with E-state index in [-0.39, 0.29) is 5.91 Å². The summed E-state index contributed by atoms with van der Waals surface area (Å²) in [4.78, 5) is 23.5. The smallest absolute Gasteiger partial charge is 0.255 e. The van der Waals surface area contributed by atoms with Gasteiger partial charge in [-0.3, -0.25) is 4.79 Å². The van der Waals surface area contributed by atoms with Gasteiger partial charge in [-0.1, -0.05) is 17.7 Å². The lowest BCUT2D eigenvalue weighted by Crippen LogP contribution is -2.44. The van der Waals surface area contributed by atoms with E-state index >= 15 is 0 Å². The first-order valence-electron chi connectivity index (χ1n) is 8.79. The number of aryl methyl sites for hydroxylation is 1. The number of nitrogens with zero attached hydrogens (tertiary/aromatic N) is 3. The first-order chi connectivity index (χ1) is 12.7. The van der Waals surface area contributed by atoms with Gasteiger partial charge in [-0.15, -0.1) is 0 Å². The van der Waals surface area contributed by atoms with Crippen molar-refractivity contribution >= 4 is 28.3 Å². The molecule has 1 amide bonds. The maximum atomic E-state index is 12.4. The van der Waals surface area contributed by atoms with Gasteiger partial charge in [0.1, 0.15) is 12.1 Å². The zero-order valence-corrected chi connectivity index (χ0v) is 14.7. The maximum absolute atomic E-state index is 12.4. The number of carbonyl (C=O) groups excluding carboxylic acids is 1. The highest BCUT2D eigenvalue weighted by Gasteiger charge is 2.15. The van der Waals surface area contributed by atoms with Crippen LogP contribution in [0.1, 0.15) is 15.9 Å². The Morgan fingerprint density at radius 2 is 1.85 bits per heavy atom. The molecule has 2 N–H and O–H groups in total. The molecule has 4 rings (SSSR count). The summed E-state index contributed by atoms with van der Waals surface area (Å²) in [5.41, 5.74) is 3.33. The lowest BCUT2D eigenvalue weighted by Gasteiger charge is -2.29. The lowest BCUT2D eigenvalue weighted by atomic mass is 10.1. The molecule has 0 radical (unpaired) electrons. The van der Waals surface area contributed by atoms with E-state index in [1.165, 1.54) is 0 Å². The van der Waals surface area contributed by atoms with Crippen molar-refractivity contribution < 1.29 is 4.79 Å². The van der Waals surface area contributed by atoms with Crippen molar-refractivity contribution in [1.29, 1.82) is 0 Å². The number of hydrogen-bond donors (Lipinski definition) is 2. The number of anilines is 2. The van der Waals surface area contributed by atoms with E-state index in [1.54, 1.807) is 6.33 Å². The first kappa shape index (κ1) is 16.5. The number of rotatable bonds is 3. The van der Waals surface area contributed by atoms with Crippen molar-refractivity contribution in [2.24, 2.45) is 0 Å². The number of hydrogen-bond acceptors (Lipinski definition) is 5. The van der Waals surface area contributed by atoms with Gasteiger partial charge in [0.05, 0.1) is 5.52 Å². The third-order valence-electron chi connectivity index (χ3n) is 4.60. The van der Waals surface area contributed by atoms with Crippen molar-refractivity contribution in [3.63, 3.8) is 0 Å². The maximum Gasteiger partial charge on any atom is 0.255 e. The second kappa shape index (κ2) is 7.09. The highest BCUT2D eigenvalue weighted by Crippen LogP contribution is 2.26. The minimum atomic E-state index is -0.124. The molecule has 1 aromatic heterocycles. The molecule has 26 heavy (non-hydrogen) atoms. The molecule has 1 saturated heterocycles. The summed E-state index contributed by atoms with van der Waals surface area (Å²) in [5.74, 6) is 0.827. The molecule has 6 heteroatoms. The van der Waals surface area contributed by atoms with Gasteiger partial charge in [-0.25, -0.2) is 9.97 Å². The predicted molar refractivity (Wildman–Crippen MR) is 104 cm³/mol.